The van der Waals surface area contributed by atoms with E-state index in [0.29, 0.717) is 62.4 Å². The zero-order valence-corrected chi connectivity index (χ0v) is 24.0. The number of anilines is 1. The van der Waals surface area contributed by atoms with E-state index in [-0.39, 0.29) is 38.2 Å². The highest BCUT2D eigenvalue weighted by molar-refractivity contribution is 7.59. The first-order chi connectivity index (χ1) is 19.4. The normalized spacial score (nSPS) is 22.1. The van der Waals surface area contributed by atoms with Crippen LogP contribution in [-0.4, -0.2) is 98.2 Å². The molecular weight excluding hydrogens is 541 g/mol. The molecular formula is C25H38N7O7P. The fourth-order valence-corrected chi connectivity index (χ4v) is 8.53. The van der Waals surface area contributed by atoms with E-state index in [9.17, 15) is 14.2 Å². The maximum atomic E-state index is 14.9. The van der Waals surface area contributed by atoms with E-state index in [1.165, 1.54) is 0 Å². The van der Waals surface area contributed by atoms with Crippen LogP contribution >= 0.6 is 7.44 Å². The number of esters is 2. The Bertz CT molecular complexity index is 1230. The van der Waals surface area contributed by atoms with Gasteiger partial charge >= 0.3 is 11.9 Å². The van der Waals surface area contributed by atoms with Crippen molar-refractivity contribution in [1.82, 2.24) is 28.9 Å². The molecule has 1 aliphatic carbocycles. The standard InChI is InChI=1S/C25H38N7O7P/c1-3-37-23(33)18-7-5-11-31(18)40(35,32-12-6-8-19(32)24(34)38-4-2)16-36-14-13-30-15-27-20-21(30)28-25(26)29-22(20)39-17-9-10-17/h15,17-19H,3-14,16H2,1-2H3,(H2,26,28,29)/t18-,19-/m1/s1. The summed E-state index contributed by atoms with van der Waals surface area (Å²) in [6.07, 6.45) is 6.01. The summed E-state index contributed by atoms with van der Waals surface area (Å²) >= 11 is 0. The Kier molecular flexibility index (Phi) is 8.89. The number of imidazole rings is 1. The van der Waals surface area contributed by atoms with E-state index in [1.54, 1.807) is 34.1 Å². The summed E-state index contributed by atoms with van der Waals surface area (Å²) in [6.45, 7) is 5.41. The van der Waals surface area contributed by atoms with Gasteiger partial charge in [0.25, 0.3) is 0 Å². The van der Waals surface area contributed by atoms with Crippen LogP contribution in [0.2, 0.25) is 0 Å². The molecule has 0 unspecified atom stereocenters. The third-order valence-corrected chi connectivity index (χ3v) is 10.4. The minimum Gasteiger partial charge on any atom is -0.473 e. The Morgan fingerprint density at radius 3 is 2.20 bits per heavy atom. The average Bonchev–Trinajstić information content (AvgIpc) is 3.31. The number of hydrogen-bond donors (Lipinski definition) is 1. The van der Waals surface area contributed by atoms with Crippen molar-refractivity contribution in [3.63, 3.8) is 0 Å². The number of fused-ring (bicyclic) bond motifs is 1. The minimum atomic E-state index is -3.51. The molecule has 4 heterocycles. The van der Waals surface area contributed by atoms with Crippen LogP contribution in [0.5, 0.6) is 5.88 Å². The minimum absolute atomic E-state index is 0.0911. The van der Waals surface area contributed by atoms with Crippen molar-refractivity contribution in [3.05, 3.63) is 6.33 Å². The summed E-state index contributed by atoms with van der Waals surface area (Å²) in [7, 11) is -3.51. The van der Waals surface area contributed by atoms with E-state index in [4.69, 9.17) is 24.7 Å². The van der Waals surface area contributed by atoms with Crippen molar-refractivity contribution in [3.8, 4) is 5.88 Å². The molecule has 15 heteroatoms. The molecule has 2 aromatic heterocycles. The molecule has 5 rings (SSSR count). The SMILES string of the molecule is CCOC(=O)[C@H]1CCCN1P(=O)(COCCn1cnc2c(OC3CC3)nc(N)nc21)N1CCC[C@@H]1C(=O)OCC. The van der Waals surface area contributed by atoms with E-state index in [2.05, 4.69) is 15.0 Å². The number of carbonyl (C=O) groups is 2. The van der Waals surface area contributed by atoms with Crippen molar-refractivity contribution in [2.45, 2.75) is 77.1 Å². The second-order valence-electron chi connectivity index (χ2n) is 10.2. The van der Waals surface area contributed by atoms with Crippen molar-refractivity contribution in [2.24, 2.45) is 0 Å². The van der Waals surface area contributed by atoms with Crippen molar-refractivity contribution >= 4 is 36.5 Å². The molecule has 3 aliphatic rings. The highest BCUT2D eigenvalue weighted by Gasteiger charge is 2.51. The maximum absolute atomic E-state index is 14.9. The summed E-state index contributed by atoms with van der Waals surface area (Å²) < 4.78 is 42.6. The van der Waals surface area contributed by atoms with Gasteiger partial charge < -0.3 is 29.2 Å². The highest BCUT2D eigenvalue weighted by atomic mass is 31.2. The summed E-state index contributed by atoms with van der Waals surface area (Å²) in [6, 6.07) is -1.31. The number of ether oxygens (including phenoxy) is 4. The Labute approximate surface area is 233 Å². The molecule has 2 N–H and O–H groups in total. The highest BCUT2D eigenvalue weighted by Crippen LogP contribution is 2.59. The topological polar surface area (TPSA) is 164 Å². The number of rotatable bonds is 13. The molecule has 0 aromatic carbocycles. The average molecular weight is 580 g/mol. The lowest BCUT2D eigenvalue weighted by atomic mass is 10.2. The van der Waals surface area contributed by atoms with E-state index in [1.807, 2.05) is 0 Å². The van der Waals surface area contributed by atoms with Gasteiger partial charge in [-0.2, -0.15) is 9.97 Å². The Morgan fingerprint density at radius 2 is 1.62 bits per heavy atom. The third kappa shape index (κ3) is 5.95. The van der Waals surface area contributed by atoms with Gasteiger partial charge in [0.05, 0.1) is 26.1 Å². The van der Waals surface area contributed by atoms with Crippen molar-refractivity contribution < 1.29 is 33.1 Å². The zero-order valence-electron chi connectivity index (χ0n) is 23.1. The second-order valence-corrected chi connectivity index (χ2v) is 12.8. The van der Waals surface area contributed by atoms with Gasteiger partial charge in [0.1, 0.15) is 24.5 Å². The first-order valence-corrected chi connectivity index (χ1v) is 15.8. The van der Waals surface area contributed by atoms with Gasteiger partial charge in [-0.05, 0) is 52.4 Å². The molecule has 220 valence electrons. The molecule has 2 atom stereocenters. The van der Waals surface area contributed by atoms with E-state index < -0.39 is 31.5 Å². The van der Waals surface area contributed by atoms with Crippen LogP contribution in [-0.2, 0) is 34.9 Å². The van der Waals surface area contributed by atoms with Gasteiger partial charge in [-0.3, -0.25) is 14.2 Å². The first-order valence-electron chi connectivity index (χ1n) is 14.0. The number of hydrogen-bond acceptors (Lipinski definition) is 11. The number of nitrogen functional groups attached to an aromatic ring is 1. The lowest BCUT2D eigenvalue weighted by Crippen LogP contribution is -2.45. The van der Waals surface area contributed by atoms with E-state index >= 15 is 0 Å². The van der Waals surface area contributed by atoms with Gasteiger partial charge in [-0.25, -0.2) is 14.3 Å². The van der Waals surface area contributed by atoms with Crippen LogP contribution in [0.15, 0.2) is 6.33 Å². The van der Waals surface area contributed by atoms with Gasteiger partial charge in [0.2, 0.25) is 19.3 Å². The van der Waals surface area contributed by atoms with Crippen LogP contribution in [0.1, 0.15) is 52.4 Å². The molecule has 2 saturated heterocycles. The fourth-order valence-electron chi connectivity index (χ4n) is 5.37. The molecule has 40 heavy (non-hydrogen) atoms. The molecule has 2 aliphatic heterocycles. The molecule has 3 fully saturated rings. The van der Waals surface area contributed by atoms with E-state index in [0.717, 1.165) is 12.8 Å². The molecule has 14 nitrogen and oxygen atoms in total. The summed E-state index contributed by atoms with van der Waals surface area (Å²) in [5.74, 6) is -0.349. The van der Waals surface area contributed by atoms with Gasteiger partial charge in [-0.15, -0.1) is 0 Å². The summed E-state index contributed by atoms with van der Waals surface area (Å²) in [5, 5.41) is 0. The third-order valence-electron chi connectivity index (χ3n) is 7.36. The lowest BCUT2D eigenvalue weighted by molar-refractivity contribution is -0.147. The lowest BCUT2D eigenvalue weighted by Gasteiger charge is -2.39. The van der Waals surface area contributed by atoms with Gasteiger partial charge in [0.15, 0.2) is 11.2 Å². The predicted octanol–water partition coefficient (Wildman–Crippen LogP) is 2.17. The second kappa shape index (κ2) is 12.4. The van der Waals surface area contributed by atoms with Crippen LogP contribution in [0.4, 0.5) is 5.95 Å². The number of aromatic nitrogens is 4. The summed E-state index contributed by atoms with van der Waals surface area (Å²) in [5.41, 5.74) is 6.97. The van der Waals surface area contributed by atoms with Crippen LogP contribution in [0.3, 0.4) is 0 Å². The van der Waals surface area contributed by atoms with Crippen molar-refractivity contribution in [2.75, 3.05) is 45.0 Å². The maximum Gasteiger partial charge on any atom is 0.323 e. The van der Waals surface area contributed by atoms with Crippen LogP contribution in [0.25, 0.3) is 11.2 Å². The summed E-state index contributed by atoms with van der Waals surface area (Å²) in [4.78, 5) is 38.5. The first kappa shape index (κ1) is 28.7. The molecule has 0 amide bonds. The molecule has 0 radical (unpaired) electrons. The largest absolute Gasteiger partial charge is 0.473 e. The van der Waals surface area contributed by atoms with Crippen molar-refractivity contribution in [1.29, 1.82) is 0 Å². The Balaban J connectivity index is 1.32. The fraction of sp³-hybridized carbons (Fsp3) is 0.720. The quantitative estimate of drug-likeness (QED) is 0.209. The van der Waals surface area contributed by atoms with Gasteiger partial charge in [0, 0.05) is 19.6 Å². The Hall–Kier alpha value is -2.80. The monoisotopic (exact) mass is 579 g/mol. The molecule has 0 bridgehead atoms. The number of carbonyl (C=O) groups excluding carboxylic acids is 2. The van der Waals surface area contributed by atoms with Crippen LogP contribution in [0, 0.1) is 0 Å². The Morgan fingerprint density at radius 1 is 1.00 bits per heavy atom. The zero-order chi connectivity index (χ0) is 28.3. The van der Waals surface area contributed by atoms with Gasteiger partial charge in [-0.1, -0.05) is 0 Å². The van der Waals surface area contributed by atoms with Crippen LogP contribution < -0.4 is 10.5 Å². The predicted molar refractivity (Wildman–Crippen MR) is 145 cm³/mol. The molecule has 2 aromatic rings. The molecule has 0 spiro atoms. The number of nitrogens with zero attached hydrogens (tertiary/aromatic N) is 6. The molecule has 1 saturated carbocycles. The smallest absolute Gasteiger partial charge is 0.323 e. The number of nitrogens with two attached hydrogens (primary N) is 1.